The number of carbonyl (C=O) groups is 1. The molecule has 2 aliphatic heterocycles. The van der Waals surface area contributed by atoms with Gasteiger partial charge < -0.3 is 15.0 Å². The first-order chi connectivity index (χ1) is 13.8. The van der Waals surface area contributed by atoms with Gasteiger partial charge >= 0.3 is 0 Å². The number of hydrogen-bond acceptors (Lipinski definition) is 4. The number of nitrogens with zero attached hydrogens (tertiary/aromatic N) is 2. The number of pyridine rings is 1. The lowest BCUT2D eigenvalue weighted by Gasteiger charge is -2.41. The van der Waals surface area contributed by atoms with E-state index in [1.54, 1.807) is 38.2 Å². The SMILES string of the molecule is CC(C)(Oc1ccc(Cl)cc1Cl)C(=O)NC1C[C@H]2CC[C@@H](C1)N2c1cccnc1. The molecule has 1 aromatic heterocycles. The molecule has 1 unspecified atom stereocenters. The second-order valence-corrected chi connectivity index (χ2v) is 9.18. The summed E-state index contributed by atoms with van der Waals surface area (Å²) in [5.74, 6) is 0.311. The fourth-order valence-electron chi connectivity index (χ4n) is 4.46. The monoisotopic (exact) mass is 433 g/mol. The molecule has 3 heterocycles. The molecule has 154 valence electrons. The Morgan fingerprint density at radius 2 is 1.93 bits per heavy atom. The zero-order valence-electron chi connectivity index (χ0n) is 16.6. The summed E-state index contributed by atoms with van der Waals surface area (Å²) < 4.78 is 5.93. The van der Waals surface area contributed by atoms with Crippen molar-refractivity contribution in [3.63, 3.8) is 0 Å². The fourth-order valence-corrected chi connectivity index (χ4v) is 4.91. The van der Waals surface area contributed by atoms with Crippen molar-refractivity contribution in [2.24, 2.45) is 0 Å². The first-order valence-electron chi connectivity index (χ1n) is 9.97. The highest BCUT2D eigenvalue weighted by Gasteiger charge is 2.42. The number of anilines is 1. The largest absolute Gasteiger partial charge is 0.476 e. The van der Waals surface area contributed by atoms with Gasteiger partial charge in [-0.2, -0.15) is 0 Å². The standard InChI is InChI=1S/C22H25Cl2N3O2/c1-22(2,29-20-8-5-14(23)10-19(20)24)21(28)26-15-11-16-6-7-17(12-15)27(16)18-4-3-9-25-13-18/h3-5,8-10,13,15-17H,6-7,11-12H2,1-2H3,(H,26,28)/t15?,16-,17+. The van der Waals surface area contributed by atoms with E-state index in [0.29, 0.717) is 27.9 Å². The van der Waals surface area contributed by atoms with Gasteiger partial charge in [-0.1, -0.05) is 23.2 Å². The highest BCUT2D eigenvalue weighted by atomic mass is 35.5. The van der Waals surface area contributed by atoms with Gasteiger partial charge in [0.15, 0.2) is 5.60 Å². The van der Waals surface area contributed by atoms with E-state index in [0.717, 1.165) is 25.7 Å². The van der Waals surface area contributed by atoms with Gasteiger partial charge in [0, 0.05) is 29.3 Å². The third-order valence-corrected chi connectivity index (χ3v) is 6.35. The molecule has 5 nitrogen and oxygen atoms in total. The molecule has 1 aromatic carbocycles. The number of piperidine rings is 1. The molecule has 4 rings (SSSR count). The Balaban J connectivity index is 1.40. The first kappa shape index (κ1) is 20.3. The number of halogens is 2. The molecule has 0 aliphatic carbocycles. The van der Waals surface area contributed by atoms with Crippen molar-refractivity contribution in [3.05, 3.63) is 52.8 Å². The lowest BCUT2D eigenvalue weighted by molar-refractivity contribution is -0.135. The lowest BCUT2D eigenvalue weighted by Crippen LogP contribution is -2.55. The number of ether oxygens (including phenoxy) is 1. The molecular weight excluding hydrogens is 409 g/mol. The molecule has 0 spiro atoms. The van der Waals surface area contributed by atoms with Gasteiger partial charge in [-0.25, -0.2) is 0 Å². The summed E-state index contributed by atoms with van der Waals surface area (Å²) in [6.07, 6.45) is 7.87. The maximum atomic E-state index is 13.0. The smallest absolute Gasteiger partial charge is 0.263 e. The van der Waals surface area contributed by atoms with Gasteiger partial charge in [0.25, 0.3) is 5.91 Å². The first-order valence-corrected chi connectivity index (χ1v) is 10.7. The Bertz CT molecular complexity index is 877. The molecule has 1 N–H and O–H groups in total. The normalized spacial score (nSPS) is 23.7. The average molecular weight is 434 g/mol. The molecule has 2 bridgehead atoms. The van der Waals surface area contributed by atoms with Crippen LogP contribution in [0.25, 0.3) is 0 Å². The maximum absolute atomic E-state index is 13.0. The van der Waals surface area contributed by atoms with Crippen molar-refractivity contribution in [3.8, 4) is 5.75 Å². The van der Waals surface area contributed by atoms with E-state index in [1.165, 1.54) is 5.69 Å². The van der Waals surface area contributed by atoms with Crippen LogP contribution in [0.1, 0.15) is 39.5 Å². The fraction of sp³-hybridized carbons (Fsp3) is 0.455. The Kier molecular flexibility index (Phi) is 5.63. The minimum absolute atomic E-state index is 0.136. The van der Waals surface area contributed by atoms with Crippen LogP contribution in [0.2, 0.25) is 10.0 Å². The van der Waals surface area contributed by atoms with Crippen molar-refractivity contribution in [2.75, 3.05) is 4.90 Å². The predicted octanol–water partition coefficient (Wildman–Crippen LogP) is 4.86. The second kappa shape index (κ2) is 8.04. The lowest BCUT2D eigenvalue weighted by atomic mass is 9.95. The molecule has 7 heteroatoms. The van der Waals surface area contributed by atoms with Crippen LogP contribution in [0.3, 0.4) is 0 Å². The van der Waals surface area contributed by atoms with Crippen LogP contribution in [-0.2, 0) is 4.79 Å². The van der Waals surface area contributed by atoms with Gasteiger partial charge in [-0.15, -0.1) is 0 Å². The van der Waals surface area contributed by atoms with E-state index in [4.69, 9.17) is 27.9 Å². The van der Waals surface area contributed by atoms with Crippen molar-refractivity contribution < 1.29 is 9.53 Å². The number of fused-ring (bicyclic) bond motifs is 2. The van der Waals surface area contributed by atoms with Gasteiger partial charge in [0.1, 0.15) is 5.75 Å². The average Bonchev–Trinajstić information content (AvgIpc) is 2.95. The van der Waals surface area contributed by atoms with E-state index in [-0.39, 0.29) is 11.9 Å². The van der Waals surface area contributed by atoms with Crippen molar-refractivity contribution in [1.82, 2.24) is 10.3 Å². The number of hydrogen-bond donors (Lipinski definition) is 1. The van der Waals surface area contributed by atoms with Crippen molar-refractivity contribution in [2.45, 2.75) is 63.3 Å². The van der Waals surface area contributed by atoms with Crippen molar-refractivity contribution in [1.29, 1.82) is 0 Å². The number of benzene rings is 1. The zero-order valence-corrected chi connectivity index (χ0v) is 18.1. The van der Waals surface area contributed by atoms with Crippen LogP contribution in [0.5, 0.6) is 5.75 Å². The molecule has 2 aliphatic rings. The molecule has 2 saturated heterocycles. The van der Waals surface area contributed by atoms with Crippen molar-refractivity contribution >= 4 is 34.8 Å². The molecule has 29 heavy (non-hydrogen) atoms. The summed E-state index contributed by atoms with van der Waals surface area (Å²) >= 11 is 12.1. The van der Waals surface area contributed by atoms with Gasteiger partial charge in [0.2, 0.25) is 0 Å². The third kappa shape index (κ3) is 4.31. The highest BCUT2D eigenvalue weighted by molar-refractivity contribution is 6.35. The third-order valence-electron chi connectivity index (χ3n) is 5.82. The minimum atomic E-state index is -1.04. The Labute approximate surface area is 181 Å². The Hall–Kier alpha value is -1.98. The number of rotatable bonds is 5. The molecule has 0 saturated carbocycles. The minimum Gasteiger partial charge on any atom is -0.476 e. The second-order valence-electron chi connectivity index (χ2n) is 8.33. The quantitative estimate of drug-likeness (QED) is 0.730. The van der Waals surface area contributed by atoms with E-state index in [9.17, 15) is 4.79 Å². The molecular formula is C22H25Cl2N3O2. The Morgan fingerprint density at radius 3 is 2.55 bits per heavy atom. The van der Waals surface area contributed by atoms with Crippen LogP contribution < -0.4 is 15.0 Å². The highest BCUT2D eigenvalue weighted by Crippen LogP contribution is 2.39. The number of amides is 1. The van der Waals surface area contributed by atoms with Crippen LogP contribution in [-0.4, -0.2) is 34.6 Å². The topological polar surface area (TPSA) is 54.5 Å². The van der Waals surface area contributed by atoms with Crippen LogP contribution in [0.4, 0.5) is 5.69 Å². The molecule has 0 radical (unpaired) electrons. The van der Waals surface area contributed by atoms with E-state index in [2.05, 4.69) is 21.3 Å². The van der Waals surface area contributed by atoms with Crippen LogP contribution in [0, 0.1) is 0 Å². The summed E-state index contributed by atoms with van der Waals surface area (Å²) in [4.78, 5) is 19.7. The maximum Gasteiger partial charge on any atom is 0.263 e. The van der Waals surface area contributed by atoms with Crippen LogP contribution in [0.15, 0.2) is 42.7 Å². The summed E-state index contributed by atoms with van der Waals surface area (Å²) in [7, 11) is 0. The van der Waals surface area contributed by atoms with E-state index < -0.39 is 5.60 Å². The van der Waals surface area contributed by atoms with Gasteiger partial charge in [-0.3, -0.25) is 9.78 Å². The number of aromatic nitrogens is 1. The zero-order chi connectivity index (χ0) is 20.6. The summed E-state index contributed by atoms with van der Waals surface area (Å²) in [6.45, 7) is 3.51. The summed E-state index contributed by atoms with van der Waals surface area (Å²) in [5.41, 5.74) is 0.127. The predicted molar refractivity (Wildman–Crippen MR) is 116 cm³/mol. The van der Waals surface area contributed by atoms with Gasteiger partial charge in [-0.05, 0) is 69.9 Å². The summed E-state index contributed by atoms with van der Waals surface area (Å²) in [5, 5.41) is 4.13. The van der Waals surface area contributed by atoms with E-state index in [1.807, 2.05) is 12.3 Å². The summed E-state index contributed by atoms with van der Waals surface area (Å²) in [6, 6.07) is 10.1. The number of carbonyl (C=O) groups excluding carboxylic acids is 1. The molecule has 2 aromatic rings. The molecule has 2 fully saturated rings. The van der Waals surface area contributed by atoms with Gasteiger partial charge in [0.05, 0.1) is 16.9 Å². The van der Waals surface area contributed by atoms with Crippen LogP contribution >= 0.6 is 23.2 Å². The Morgan fingerprint density at radius 1 is 1.21 bits per heavy atom. The van der Waals surface area contributed by atoms with E-state index >= 15 is 0 Å². The molecule has 1 amide bonds. The molecule has 3 atom stereocenters. The number of nitrogens with one attached hydrogen (secondary N) is 1.